The van der Waals surface area contributed by atoms with E-state index in [-0.39, 0.29) is 6.42 Å². The van der Waals surface area contributed by atoms with Crippen molar-refractivity contribution in [1.82, 2.24) is 0 Å². The zero-order valence-electron chi connectivity index (χ0n) is 7.90. The molecule has 0 rings (SSSR count). The predicted molar refractivity (Wildman–Crippen MR) is 48.7 cm³/mol. The first-order valence-electron chi connectivity index (χ1n) is 4.00. The monoisotopic (exact) mass is 174 g/mol. The van der Waals surface area contributed by atoms with Crippen molar-refractivity contribution < 1.29 is 8.78 Å². The summed E-state index contributed by atoms with van der Waals surface area (Å²) in [6, 6.07) is 0. The second-order valence-corrected chi connectivity index (χ2v) is 3.27. The van der Waals surface area contributed by atoms with Crippen molar-refractivity contribution in [3.63, 3.8) is 0 Å². The largest absolute Gasteiger partial charge is 0.240 e. The first-order valence-corrected chi connectivity index (χ1v) is 4.00. The van der Waals surface area contributed by atoms with Crippen LogP contribution in [-0.4, -0.2) is 11.3 Å². The second kappa shape index (κ2) is 3.83. The zero-order valence-corrected chi connectivity index (χ0v) is 7.90. The van der Waals surface area contributed by atoms with Crippen molar-refractivity contribution in [3.8, 4) is 0 Å². The molecule has 2 unspecified atom stereocenters. The Morgan fingerprint density at radius 3 is 2.17 bits per heavy atom. The van der Waals surface area contributed by atoms with E-state index >= 15 is 0 Å². The van der Waals surface area contributed by atoms with E-state index in [0.717, 1.165) is 0 Å². The summed E-state index contributed by atoms with van der Waals surface area (Å²) in [4.78, 5) is 0. The minimum Gasteiger partial charge on any atom is -0.240 e. The highest BCUT2D eigenvalue weighted by Gasteiger charge is 2.42. The van der Waals surface area contributed by atoms with Crippen LogP contribution in [0.3, 0.4) is 0 Å². The lowest BCUT2D eigenvalue weighted by atomic mass is 9.86. The molecule has 0 saturated heterocycles. The van der Waals surface area contributed by atoms with Gasteiger partial charge in [-0.1, -0.05) is 12.2 Å². The van der Waals surface area contributed by atoms with Gasteiger partial charge in [-0.15, -0.1) is 6.58 Å². The van der Waals surface area contributed by atoms with Gasteiger partial charge in [0.25, 0.3) is 0 Å². The van der Waals surface area contributed by atoms with E-state index in [1.807, 2.05) is 0 Å². The quantitative estimate of drug-likeness (QED) is 0.571. The van der Waals surface area contributed by atoms with Crippen molar-refractivity contribution in [3.05, 3.63) is 24.8 Å². The van der Waals surface area contributed by atoms with Crippen molar-refractivity contribution >= 4 is 0 Å². The normalized spacial score (nSPS) is 21.8. The third kappa shape index (κ3) is 2.43. The molecule has 70 valence electrons. The van der Waals surface area contributed by atoms with Gasteiger partial charge in [0.15, 0.2) is 5.67 Å². The van der Waals surface area contributed by atoms with Crippen LogP contribution in [0.2, 0.25) is 0 Å². The molecule has 12 heavy (non-hydrogen) atoms. The van der Waals surface area contributed by atoms with Crippen LogP contribution >= 0.6 is 0 Å². The highest BCUT2D eigenvalue weighted by Crippen LogP contribution is 2.34. The lowest BCUT2D eigenvalue weighted by Crippen LogP contribution is -2.40. The Hall–Kier alpha value is -0.660. The number of halogens is 2. The molecule has 0 saturated carbocycles. The fourth-order valence-electron chi connectivity index (χ4n) is 0.957. The van der Waals surface area contributed by atoms with Crippen LogP contribution in [-0.2, 0) is 0 Å². The number of alkyl halides is 2. The number of hydrogen-bond acceptors (Lipinski definition) is 0. The third-order valence-electron chi connectivity index (χ3n) is 2.03. The van der Waals surface area contributed by atoms with Crippen molar-refractivity contribution in [2.24, 2.45) is 0 Å². The minimum atomic E-state index is -1.92. The van der Waals surface area contributed by atoms with Crippen LogP contribution in [0, 0.1) is 0 Å². The molecule has 0 aliphatic carbocycles. The number of allylic oxidation sites excluding steroid dienone is 3. The molecular formula is C10H16F2. The Morgan fingerprint density at radius 2 is 1.83 bits per heavy atom. The van der Waals surface area contributed by atoms with Crippen LogP contribution in [0.25, 0.3) is 0 Å². The average molecular weight is 174 g/mol. The summed E-state index contributed by atoms with van der Waals surface area (Å²) in [6.45, 7) is 7.53. The van der Waals surface area contributed by atoms with Gasteiger partial charge in [-0.25, -0.2) is 8.78 Å². The van der Waals surface area contributed by atoms with Gasteiger partial charge in [0.1, 0.15) is 5.67 Å². The number of rotatable bonds is 4. The van der Waals surface area contributed by atoms with Gasteiger partial charge in [0, 0.05) is 6.42 Å². The molecule has 0 N–H and O–H groups in total. The van der Waals surface area contributed by atoms with Crippen LogP contribution in [0.5, 0.6) is 0 Å². The van der Waals surface area contributed by atoms with E-state index in [2.05, 4.69) is 6.58 Å². The zero-order chi connectivity index (χ0) is 9.83. The summed E-state index contributed by atoms with van der Waals surface area (Å²) in [6.07, 6.45) is 4.16. The van der Waals surface area contributed by atoms with Crippen LogP contribution in [0.1, 0.15) is 27.2 Å². The predicted octanol–water partition coefficient (Wildman–Crippen LogP) is 3.60. The Labute approximate surface area is 73.0 Å². The summed E-state index contributed by atoms with van der Waals surface area (Å²) in [5.41, 5.74) is -3.79. The van der Waals surface area contributed by atoms with Gasteiger partial charge in [-0.3, -0.25) is 0 Å². The van der Waals surface area contributed by atoms with Gasteiger partial charge in [-0.05, 0) is 26.8 Å². The molecule has 0 radical (unpaired) electrons. The molecular weight excluding hydrogens is 158 g/mol. The highest BCUT2D eigenvalue weighted by atomic mass is 19.2. The fourth-order valence-corrected chi connectivity index (χ4v) is 0.957. The molecule has 0 fully saturated rings. The van der Waals surface area contributed by atoms with Crippen molar-refractivity contribution in [2.45, 2.75) is 38.5 Å². The Balaban J connectivity index is 4.60. The van der Waals surface area contributed by atoms with Crippen molar-refractivity contribution in [2.75, 3.05) is 0 Å². The average Bonchev–Trinajstić information content (AvgIpc) is 1.86. The van der Waals surface area contributed by atoms with E-state index < -0.39 is 11.3 Å². The summed E-state index contributed by atoms with van der Waals surface area (Å²) in [5, 5.41) is 0. The first-order chi connectivity index (χ1) is 5.37. The summed E-state index contributed by atoms with van der Waals surface area (Å²) in [5.74, 6) is 0. The maximum Gasteiger partial charge on any atom is 0.160 e. The van der Waals surface area contributed by atoms with Gasteiger partial charge in [0.05, 0.1) is 0 Å². The fraction of sp³-hybridized carbons (Fsp3) is 0.600. The first kappa shape index (κ1) is 11.3. The molecule has 2 atom stereocenters. The topological polar surface area (TPSA) is 0 Å². The molecule has 0 nitrogen and oxygen atoms in total. The molecule has 2 heteroatoms. The Kier molecular flexibility index (Phi) is 3.62. The van der Waals surface area contributed by atoms with E-state index in [1.54, 1.807) is 6.92 Å². The molecule has 0 aromatic rings. The van der Waals surface area contributed by atoms with Crippen molar-refractivity contribution in [1.29, 1.82) is 0 Å². The Morgan fingerprint density at radius 1 is 1.33 bits per heavy atom. The number of hydrogen-bond donors (Lipinski definition) is 0. The lowest BCUT2D eigenvalue weighted by Gasteiger charge is -2.30. The van der Waals surface area contributed by atoms with Crippen LogP contribution in [0.4, 0.5) is 8.78 Å². The SMILES string of the molecule is C=CCC(C)(F)C(C)(F)C=CC. The van der Waals surface area contributed by atoms with Gasteiger partial charge >= 0.3 is 0 Å². The minimum absolute atomic E-state index is 0.0182. The second-order valence-electron chi connectivity index (χ2n) is 3.27. The molecule has 0 bridgehead atoms. The summed E-state index contributed by atoms with van der Waals surface area (Å²) >= 11 is 0. The van der Waals surface area contributed by atoms with E-state index in [4.69, 9.17) is 0 Å². The molecule has 0 aromatic heterocycles. The maximum atomic E-state index is 13.6. The molecule has 0 aliphatic heterocycles. The molecule has 0 aromatic carbocycles. The lowest BCUT2D eigenvalue weighted by molar-refractivity contribution is 0.0243. The van der Waals surface area contributed by atoms with Gasteiger partial charge in [0.2, 0.25) is 0 Å². The van der Waals surface area contributed by atoms with E-state index in [0.29, 0.717) is 0 Å². The summed E-state index contributed by atoms with van der Waals surface area (Å²) < 4.78 is 27.1. The molecule has 0 aliphatic rings. The Bertz CT molecular complexity index is 178. The maximum absolute atomic E-state index is 13.6. The highest BCUT2D eigenvalue weighted by molar-refractivity contribution is 5.10. The molecule has 0 heterocycles. The molecule has 0 spiro atoms. The van der Waals surface area contributed by atoms with Gasteiger partial charge < -0.3 is 0 Å². The van der Waals surface area contributed by atoms with Crippen LogP contribution < -0.4 is 0 Å². The standard InChI is InChI=1S/C10H16F2/c1-5-7-9(3,11)10(4,12)8-6-2/h5-6,8H,1,7H2,2-4H3. The van der Waals surface area contributed by atoms with Gasteiger partial charge in [-0.2, -0.15) is 0 Å². The van der Waals surface area contributed by atoms with Crippen LogP contribution in [0.15, 0.2) is 24.8 Å². The smallest absolute Gasteiger partial charge is 0.160 e. The summed E-state index contributed by atoms with van der Waals surface area (Å²) in [7, 11) is 0. The molecule has 0 amide bonds. The third-order valence-corrected chi connectivity index (χ3v) is 2.03. The van der Waals surface area contributed by atoms with E-state index in [9.17, 15) is 8.78 Å². The van der Waals surface area contributed by atoms with E-state index in [1.165, 1.54) is 32.1 Å².